The fraction of sp³-hybridized carbons (Fsp3) is 0.241. The third-order valence-corrected chi connectivity index (χ3v) is 8.20. The zero-order chi connectivity index (χ0) is 26.5. The van der Waals surface area contributed by atoms with E-state index < -0.39 is 5.91 Å². The number of amidine groups is 2. The number of hydrazone groups is 1. The maximum absolute atomic E-state index is 12.7. The van der Waals surface area contributed by atoms with Gasteiger partial charge < -0.3 is 9.47 Å². The van der Waals surface area contributed by atoms with Crippen molar-refractivity contribution in [2.24, 2.45) is 10.1 Å². The van der Waals surface area contributed by atoms with Crippen molar-refractivity contribution >= 4 is 51.1 Å². The Kier molecular flexibility index (Phi) is 8.05. The highest BCUT2D eigenvalue weighted by molar-refractivity contribution is 8.27. The number of nitrogens with zero attached hydrogens (tertiary/aromatic N) is 3. The van der Waals surface area contributed by atoms with Crippen LogP contribution < -0.4 is 9.47 Å². The molecule has 0 aliphatic carbocycles. The van der Waals surface area contributed by atoms with Crippen LogP contribution in [0, 0.1) is 5.41 Å². The van der Waals surface area contributed by atoms with Crippen molar-refractivity contribution in [2.75, 3.05) is 13.2 Å². The highest BCUT2D eigenvalue weighted by Gasteiger charge is 2.36. The maximum atomic E-state index is 12.7. The van der Waals surface area contributed by atoms with Crippen LogP contribution in [0.4, 0.5) is 0 Å². The minimum Gasteiger partial charge on any atom is -0.493 e. The van der Waals surface area contributed by atoms with Crippen molar-refractivity contribution in [1.82, 2.24) is 5.01 Å². The number of thioether (sulfide) groups is 1. The van der Waals surface area contributed by atoms with Crippen LogP contribution in [-0.2, 0) is 4.79 Å². The number of fused-ring (bicyclic) bond motifs is 1. The molecule has 5 rings (SSSR count). The number of aliphatic imine (C=N–C) groups is 1. The molecule has 2 aliphatic rings. The molecule has 2 aliphatic heterocycles. The molecule has 3 heterocycles. The summed E-state index contributed by atoms with van der Waals surface area (Å²) in [6, 6.07) is 19.5. The molecule has 1 amide bonds. The summed E-state index contributed by atoms with van der Waals surface area (Å²) in [5, 5.41) is 17.6. The molecule has 1 unspecified atom stereocenters. The first-order valence-electron chi connectivity index (χ1n) is 12.5. The van der Waals surface area contributed by atoms with Gasteiger partial charge in [0, 0.05) is 6.42 Å². The van der Waals surface area contributed by atoms with Gasteiger partial charge in [-0.25, -0.2) is 0 Å². The Labute approximate surface area is 230 Å². The van der Waals surface area contributed by atoms with E-state index in [1.807, 2.05) is 53.9 Å². The molecule has 0 radical (unpaired) electrons. The Morgan fingerprint density at radius 2 is 1.84 bits per heavy atom. The largest absolute Gasteiger partial charge is 0.493 e. The standard InChI is InChI=1S/C29H28N4O3S2/c1-3-19(2)22-8-4-5-9-24(22)36-16-7-15-35-21-13-11-20(12-14-21)18-23-26(30)33-29(31-27(23)34)38-28(32-33)25-10-6-17-37-25/h4-6,8-14,17-19,30H,3,7,15-16H2,1-2H3. The molecule has 3 aromatic rings. The third kappa shape index (κ3) is 5.74. The molecule has 194 valence electrons. The van der Waals surface area contributed by atoms with Gasteiger partial charge in [-0.1, -0.05) is 50.2 Å². The summed E-state index contributed by atoms with van der Waals surface area (Å²) in [7, 11) is 0. The summed E-state index contributed by atoms with van der Waals surface area (Å²) in [6.07, 6.45) is 3.50. The van der Waals surface area contributed by atoms with E-state index in [2.05, 4.69) is 36.1 Å². The molecule has 2 aromatic carbocycles. The molecule has 1 aromatic heterocycles. The van der Waals surface area contributed by atoms with Gasteiger partial charge in [-0.3, -0.25) is 10.2 Å². The van der Waals surface area contributed by atoms with Crippen LogP contribution in [0.3, 0.4) is 0 Å². The zero-order valence-corrected chi connectivity index (χ0v) is 22.8. The molecule has 0 fully saturated rings. The Hall–Kier alpha value is -3.69. The summed E-state index contributed by atoms with van der Waals surface area (Å²) in [5.41, 5.74) is 2.22. The predicted octanol–water partition coefficient (Wildman–Crippen LogP) is 6.78. The molecule has 38 heavy (non-hydrogen) atoms. The lowest BCUT2D eigenvalue weighted by Gasteiger charge is -2.20. The monoisotopic (exact) mass is 544 g/mol. The number of ether oxygens (including phenoxy) is 2. The first-order chi connectivity index (χ1) is 18.5. The van der Waals surface area contributed by atoms with Crippen molar-refractivity contribution < 1.29 is 14.3 Å². The molecule has 9 heteroatoms. The number of carbonyl (C=O) groups is 1. The van der Waals surface area contributed by atoms with Gasteiger partial charge in [0.2, 0.25) is 5.17 Å². The Balaban J connectivity index is 1.15. The van der Waals surface area contributed by atoms with Crippen LogP contribution in [0.15, 0.2) is 81.7 Å². The summed E-state index contributed by atoms with van der Waals surface area (Å²) in [5.74, 6) is 1.72. The van der Waals surface area contributed by atoms with Crippen LogP contribution >= 0.6 is 23.1 Å². The summed E-state index contributed by atoms with van der Waals surface area (Å²) >= 11 is 2.86. The fourth-order valence-corrected chi connectivity index (χ4v) is 5.67. The van der Waals surface area contributed by atoms with Gasteiger partial charge in [-0.05, 0) is 70.9 Å². The topological polar surface area (TPSA) is 87.3 Å². The Morgan fingerprint density at radius 3 is 2.61 bits per heavy atom. The molecule has 1 N–H and O–H groups in total. The van der Waals surface area contributed by atoms with Crippen molar-refractivity contribution in [3.05, 3.63) is 87.6 Å². The van der Waals surface area contributed by atoms with E-state index in [1.54, 1.807) is 17.4 Å². The SMILES string of the molecule is CCC(C)c1ccccc1OCCCOc1ccc(C=C2C(=N)N3N=C(c4cccs4)SC3=NC2=O)cc1. The van der Waals surface area contributed by atoms with E-state index in [0.29, 0.717) is 24.3 Å². The number of para-hydroxylation sites is 1. The van der Waals surface area contributed by atoms with E-state index >= 15 is 0 Å². The number of hydrogen-bond acceptors (Lipinski definition) is 7. The van der Waals surface area contributed by atoms with Gasteiger partial charge in [0.25, 0.3) is 5.91 Å². The average Bonchev–Trinajstić information content (AvgIpc) is 3.62. The Morgan fingerprint density at radius 1 is 1.05 bits per heavy atom. The van der Waals surface area contributed by atoms with Gasteiger partial charge in [0.15, 0.2) is 5.84 Å². The van der Waals surface area contributed by atoms with Crippen molar-refractivity contribution in [1.29, 1.82) is 5.41 Å². The molecule has 0 bridgehead atoms. The lowest BCUT2D eigenvalue weighted by atomic mass is 9.98. The molecule has 1 atom stereocenters. The van der Waals surface area contributed by atoms with Gasteiger partial charge in [-0.15, -0.1) is 11.3 Å². The molecule has 0 spiro atoms. The van der Waals surface area contributed by atoms with Gasteiger partial charge >= 0.3 is 0 Å². The second-order valence-corrected chi connectivity index (χ2v) is 10.8. The van der Waals surface area contributed by atoms with Crippen LogP contribution in [0.25, 0.3) is 6.08 Å². The smallest absolute Gasteiger partial charge is 0.283 e. The predicted molar refractivity (Wildman–Crippen MR) is 156 cm³/mol. The number of carbonyl (C=O) groups excluding carboxylic acids is 1. The van der Waals surface area contributed by atoms with E-state index in [9.17, 15) is 4.79 Å². The number of thiophene rings is 1. The molecule has 0 saturated carbocycles. The number of amides is 1. The van der Waals surface area contributed by atoms with Crippen LogP contribution in [0.1, 0.15) is 48.6 Å². The minimum atomic E-state index is -0.438. The third-order valence-electron chi connectivity index (χ3n) is 6.25. The normalized spacial score (nSPS) is 16.8. The van der Waals surface area contributed by atoms with Gasteiger partial charge in [0.05, 0.1) is 23.7 Å². The highest BCUT2D eigenvalue weighted by Crippen LogP contribution is 2.32. The summed E-state index contributed by atoms with van der Waals surface area (Å²) in [6.45, 7) is 5.50. The van der Waals surface area contributed by atoms with Crippen LogP contribution in [0.5, 0.6) is 11.5 Å². The van der Waals surface area contributed by atoms with Gasteiger partial charge in [0.1, 0.15) is 16.5 Å². The van der Waals surface area contributed by atoms with E-state index in [1.165, 1.54) is 22.3 Å². The second-order valence-electron chi connectivity index (χ2n) is 8.87. The molecule has 0 saturated heterocycles. The van der Waals surface area contributed by atoms with E-state index in [4.69, 9.17) is 14.9 Å². The van der Waals surface area contributed by atoms with Crippen molar-refractivity contribution in [3.63, 3.8) is 0 Å². The minimum absolute atomic E-state index is 0.0225. The zero-order valence-electron chi connectivity index (χ0n) is 21.2. The number of nitrogens with one attached hydrogen (secondary N) is 1. The Bertz CT molecular complexity index is 1410. The van der Waals surface area contributed by atoms with Crippen LogP contribution in [0.2, 0.25) is 0 Å². The second kappa shape index (κ2) is 11.8. The lowest BCUT2D eigenvalue weighted by molar-refractivity contribution is -0.114. The number of benzene rings is 2. The quantitative estimate of drug-likeness (QED) is 0.225. The maximum Gasteiger partial charge on any atom is 0.283 e. The number of hydrogen-bond donors (Lipinski definition) is 1. The van der Waals surface area contributed by atoms with E-state index in [-0.39, 0.29) is 11.4 Å². The fourth-order valence-electron chi connectivity index (χ4n) is 3.99. The van der Waals surface area contributed by atoms with E-state index in [0.717, 1.165) is 39.8 Å². The molecular formula is C29H28N4O3S2. The van der Waals surface area contributed by atoms with Gasteiger partial charge in [-0.2, -0.15) is 15.1 Å². The van der Waals surface area contributed by atoms with Crippen molar-refractivity contribution in [3.8, 4) is 11.5 Å². The summed E-state index contributed by atoms with van der Waals surface area (Å²) < 4.78 is 11.9. The van der Waals surface area contributed by atoms with Crippen molar-refractivity contribution in [2.45, 2.75) is 32.6 Å². The highest BCUT2D eigenvalue weighted by atomic mass is 32.2. The average molecular weight is 545 g/mol. The first-order valence-corrected chi connectivity index (χ1v) is 14.2. The summed E-state index contributed by atoms with van der Waals surface area (Å²) in [4.78, 5) is 17.8. The molecular weight excluding hydrogens is 516 g/mol. The number of rotatable bonds is 10. The first kappa shape index (κ1) is 25.9. The lowest BCUT2D eigenvalue weighted by Crippen LogP contribution is -2.35. The van der Waals surface area contributed by atoms with Crippen LogP contribution in [-0.4, -0.2) is 40.2 Å². The molecule has 7 nitrogen and oxygen atoms in total.